The van der Waals surface area contributed by atoms with Crippen LogP contribution in [0.4, 0.5) is 5.82 Å². The van der Waals surface area contributed by atoms with Crippen LogP contribution in [0.2, 0.25) is 0 Å². The van der Waals surface area contributed by atoms with Crippen LogP contribution in [-0.4, -0.2) is 17.9 Å². The normalized spacial score (nSPS) is 18.6. The second-order valence-electron chi connectivity index (χ2n) is 6.35. The van der Waals surface area contributed by atoms with E-state index in [1.165, 1.54) is 11.1 Å². The Kier molecular flexibility index (Phi) is 3.61. The van der Waals surface area contributed by atoms with Gasteiger partial charge in [0.05, 0.1) is 11.6 Å². The second kappa shape index (κ2) is 5.44. The third-order valence-corrected chi connectivity index (χ3v) is 4.37. The van der Waals surface area contributed by atoms with Gasteiger partial charge in [0.15, 0.2) is 0 Å². The van der Waals surface area contributed by atoms with E-state index in [0.717, 1.165) is 6.42 Å². The summed E-state index contributed by atoms with van der Waals surface area (Å²) in [7, 11) is 1.63. The number of hydrogen-bond acceptors (Lipinski definition) is 3. The Labute approximate surface area is 131 Å². The van der Waals surface area contributed by atoms with Crippen LogP contribution in [0.15, 0.2) is 42.6 Å². The van der Waals surface area contributed by atoms with Gasteiger partial charge in [-0.25, -0.2) is 4.98 Å². The lowest BCUT2D eigenvalue weighted by molar-refractivity contribution is 0.0963. The number of hydrogen-bond donors (Lipinski definition) is 2. The van der Waals surface area contributed by atoms with E-state index in [-0.39, 0.29) is 17.4 Å². The lowest BCUT2D eigenvalue weighted by Crippen LogP contribution is -2.21. The number of rotatable bonds is 3. The Balaban J connectivity index is 1.94. The molecule has 1 atom stereocenters. The first-order valence-electron chi connectivity index (χ1n) is 7.56. The maximum absolute atomic E-state index is 12.0. The van der Waals surface area contributed by atoms with Gasteiger partial charge in [0.1, 0.15) is 5.82 Å². The van der Waals surface area contributed by atoms with Gasteiger partial charge in [-0.1, -0.05) is 38.1 Å². The number of carbonyl (C=O) groups excluding carboxylic acids is 1. The summed E-state index contributed by atoms with van der Waals surface area (Å²) in [5, 5.41) is 6.13. The number of carbonyl (C=O) groups is 1. The molecule has 0 saturated carbocycles. The topological polar surface area (TPSA) is 54.0 Å². The van der Waals surface area contributed by atoms with E-state index in [1.54, 1.807) is 25.4 Å². The van der Waals surface area contributed by atoms with E-state index in [9.17, 15) is 4.79 Å². The van der Waals surface area contributed by atoms with E-state index in [0.29, 0.717) is 11.4 Å². The zero-order valence-corrected chi connectivity index (χ0v) is 13.2. The van der Waals surface area contributed by atoms with Crippen molar-refractivity contribution in [1.29, 1.82) is 0 Å². The summed E-state index contributed by atoms with van der Waals surface area (Å²) in [6.45, 7) is 4.51. The number of pyridine rings is 1. The third-order valence-electron chi connectivity index (χ3n) is 4.37. The molecular weight excluding hydrogens is 274 g/mol. The van der Waals surface area contributed by atoms with Gasteiger partial charge in [0.25, 0.3) is 5.91 Å². The molecule has 1 aliphatic carbocycles. The average Bonchev–Trinajstić information content (AvgIpc) is 2.78. The molecule has 2 aromatic rings. The van der Waals surface area contributed by atoms with E-state index in [1.807, 2.05) is 0 Å². The van der Waals surface area contributed by atoms with Crippen LogP contribution in [0, 0.1) is 0 Å². The van der Waals surface area contributed by atoms with Crippen LogP contribution in [0.3, 0.4) is 0 Å². The van der Waals surface area contributed by atoms with Gasteiger partial charge >= 0.3 is 0 Å². The fraction of sp³-hybridized carbons (Fsp3) is 0.333. The molecule has 22 heavy (non-hydrogen) atoms. The quantitative estimate of drug-likeness (QED) is 0.913. The Bertz CT molecular complexity index is 709. The zero-order chi connectivity index (χ0) is 15.7. The molecule has 1 unspecified atom stereocenters. The van der Waals surface area contributed by atoms with Crippen molar-refractivity contribution in [3.05, 3.63) is 59.3 Å². The summed E-state index contributed by atoms with van der Waals surface area (Å²) in [4.78, 5) is 16.3. The Morgan fingerprint density at radius 1 is 1.23 bits per heavy atom. The predicted octanol–water partition coefficient (Wildman–Crippen LogP) is 3.28. The molecule has 0 fully saturated rings. The number of nitrogens with zero attached hydrogens (tertiary/aromatic N) is 1. The summed E-state index contributed by atoms with van der Waals surface area (Å²) >= 11 is 0. The minimum Gasteiger partial charge on any atom is -0.363 e. The molecule has 0 saturated heterocycles. The molecule has 4 nitrogen and oxygen atoms in total. The first-order chi connectivity index (χ1) is 10.5. The molecule has 1 aliphatic rings. The number of fused-ring (bicyclic) bond motifs is 1. The number of amides is 1. The molecule has 0 aliphatic heterocycles. The molecule has 1 heterocycles. The summed E-state index contributed by atoms with van der Waals surface area (Å²) in [5.41, 5.74) is 3.36. The molecule has 114 valence electrons. The van der Waals surface area contributed by atoms with Crippen LogP contribution in [0.5, 0.6) is 0 Å². The first-order valence-corrected chi connectivity index (χ1v) is 7.56. The number of anilines is 1. The molecule has 4 heteroatoms. The molecule has 1 aromatic carbocycles. The Hall–Kier alpha value is -2.36. The number of benzene rings is 1. The molecule has 2 N–H and O–H groups in total. The van der Waals surface area contributed by atoms with Gasteiger partial charge in [-0.2, -0.15) is 0 Å². The fourth-order valence-electron chi connectivity index (χ4n) is 3.28. The van der Waals surface area contributed by atoms with Gasteiger partial charge in [-0.15, -0.1) is 0 Å². The standard InChI is InChI=1S/C18H21N3O/c1-18(2)11-15(12-7-4-5-9-14(12)18)21-16-13(17(22)19-3)8-6-10-20-16/h4-10,15H,11H2,1-3H3,(H,19,22)(H,20,21). The van der Waals surface area contributed by atoms with Crippen LogP contribution in [-0.2, 0) is 5.41 Å². The van der Waals surface area contributed by atoms with Crippen molar-refractivity contribution in [2.75, 3.05) is 12.4 Å². The van der Waals surface area contributed by atoms with Crippen molar-refractivity contribution in [3.63, 3.8) is 0 Å². The highest BCUT2D eigenvalue weighted by Crippen LogP contribution is 2.45. The van der Waals surface area contributed by atoms with Crippen LogP contribution >= 0.6 is 0 Å². The number of nitrogens with one attached hydrogen (secondary N) is 2. The summed E-state index contributed by atoms with van der Waals surface area (Å²) < 4.78 is 0. The zero-order valence-electron chi connectivity index (χ0n) is 13.2. The molecule has 0 bridgehead atoms. The predicted molar refractivity (Wildman–Crippen MR) is 88.1 cm³/mol. The molecule has 3 rings (SSSR count). The van der Waals surface area contributed by atoms with Gasteiger partial charge in [0.2, 0.25) is 0 Å². The number of aromatic nitrogens is 1. The SMILES string of the molecule is CNC(=O)c1cccnc1NC1CC(C)(C)c2ccccc21. The van der Waals surface area contributed by atoms with Crippen molar-refractivity contribution >= 4 is 11.7 Å². The van der Waals surface area contributed by atoms with Gasteiger partial charge in [0, 0.05) is 13.2 Å². The van der Waals surface area contributed by atoms with E-state index >= 15 is 0 Å². The van der Waals surface area contributed by atoms with Crippen LogP contribution < -0.4 is 10.6 Å². The summed E-state index contributed by atoms with van der Waals surface area (Å²) in [6.07, 6.45) is 2.69. The van der Waals surface area contributed by atoms with Crippen molar-refractivity contribution in [2.24, 2.45) is 0 Å². The van der Waals surface area contributed by atoms with E-state index < -0.39 is 0 Å². The highest BCUT2D eigenvalue weighted by Gasteiger charge is 2.36. The summed E-state index contributed by atoms with van der Waals surface area (Å²) in [6, 6.07) is 12.2. The maximum atomic E-state index is 12.0. The van der Waals surface area contributed by atoms with Gasteiger partial charge in [-0.05, 0) is 35.1 Å². The maximum Gasteiger partial charge on any atom is 0.254 e. The van der Waals surface area contributed by atoms with Crippen molar-refractivity contribution in [3.8, 4) is 0 Å². The molecular formula is C18H21N3O. The minimum atomic E-state index is -0.124. The average molecular weight is 295 g/mol. The van der Waals surface area contributed by atoms with Crippen molar-refractivity contribution in [1.82, 2.24) is 10.3 Å². The van der Waals surface area contributed by atoms with Crippen molar-refractivity contribution < 1.29 is 4.79 Å². The molecule has 0 radical (unpaired) electrons. The fourth-order valence-corrected chi connectivity index (χ4v) is 3.28. The van der Waals surface area contributed by atoms with E-state index in [2.05, 4.69) is 53.7 Å². The smallest absolute Gasteiger partial charge is 0.254 e. The third kappa shape index (κ3) is 2.45. The molecule has 0 spiro atoms. The minimum absolute atomic E-state index is 0.121. The molecule has 1 aromatic heterocycles. The summed E-state index contributed by atoms with van der Waals surface area (Å²) in [5.74, 6) is 0.514. The highest BCUT2D eigenvalue weighted by molar-refractivity contribution is 5.98. The molecule has 1 amide bonds. The van der Waals surface area contributed by atoms with E-state index in [4.69, 9.17) is 0 Å². The first kappa shape index (κ1) is 14.6. The lowest BCUT2D eigenvalue weighted by Gasteiger charge is -2.20. The second-order valence-corrected chi connectivity index (χ2v) is 6.35. The van der Waals surface area contributed by atoms with Crippen LogP contribution in [0.1, 0.15) is 47.8 Å². The Morgan fingerprint density at radius 2 is 2.00 bits per heavy atom. The highest BCUT2D eigenvalue weighted by atomic mass is 16.1. The van der Waals surface area contributed by atoms with Crippen LogP contribution in [0.25, 0.3) is 0 Å². The van der Waals surface area contributed by atoms with Gasteiger partial charge < -0.3 is 10.6 Å². The van der Waals surface area contributed by atoms with Crippen molar-refractivity contribution in [2.45, 2.75) is 31.7 Å². The largest absolute Gasteiger partial charge is 0.363 e. The lowest BCUT2D eigenvalue weighted by atomic mass is 9.86. The Morgan fingerprint density at radius 3 is 2.77 bits per heavy atom. The monoisotopic (exact) mass is 295 g/mol. The van der Waals surface area contributed by atoms with Gasteiger partial charge in [-0.3, -0.25) is 4.79 Å².